The van der Waals surface area contributed by atoms with Crippen LogP contribution >= 0.6 is 0 Å². The largest absolute Gasteiger partial charge is 0.454 e. The Bertz CT molecular complexity index is 873. The second kappa shape index (κ2) is 6.55. The van der Waals surface area contributed by atoms with E-state index in [4.69, 9.17) is 9.47 Å². The van der Waals surface area contributed by atoms with E-state index in [-0.39, 0.29) is 31.7 Å². The molecule has 3 amide bonds. The summed E-state index contributed by atoms with van der Waals surface area (Å²) in [4.78, 5) is 25.8. The average Bonchev–Trinajstić information content (AvgIpc) is 3.20. The first kappa shape index (κ1) is 16.2. The monoisotopic (exact) mass is 357 g/mol. The summed E-state index contributed by atoms with van der Waals surface area (Å²) in [7, 11) is 0. The summed E-state index contributed by atoms with van der Waals surface area (Å²) < 4.78 is 23.8. The zero-order chi connectivity index (χ0) is 18.1. The molecular weight excluding hydrogens is 341 g/mol. The Kier molecular flexibility index (Phi) is 4.08. The summed E-state index contributed by atoms with van der Waals surface area (Å²) in [6.45, 7) is 0.446. The van der Waals surface area contributed by atoms with Gasteiger partial charge in [-0.2, -0.15) is 0 Å². The van der Waals surface area contributed by atoms with Gasteiger partial charge in [0, 0.05) is 30.4 Å². The van der Waals surface area contributed by atoms with Crippen molar-refractivity contribution in [3.05, 3.63) is 48.3 Å². The maximum absolute atomic E-state index is 13.4. The zero-order valence-corrected chi connectivity index (χ0v) is 13.7. The lowest BCUT2D eigenvalue weighted by Crippen LogP contribution is -2.39. The zero-order valence-electron chi connectivity index (χ0n) is 13.7. The molecule has 0 bridgehead atoms. The number of amides is 3. The molecule has 4 rings (SSSR count). The summed E-state index contributed by atoms with van der Waals surface area (Å²) in [6.07, 6.45) is 0.158. The van der Waals surface area contributed by atoms with E-state index in [0.29, 0.717) is 22.9 Å². The number of halogens is 1. The second-order valence-corrected chi connectivity index (χ2v) is 6.05. The number of benzene rings is 2. The van der Waals surface area contributed by atoms with Crippen LogP contribution in [-0.2, 0) is 4.79 Å². The molecule has 2 aromatic carbocycles. The normalized spacial score (nSPS) is 18.1. The summed E-state index contributed by atoms with van der Waals surface area (Å²) in [5.41, 5.74) is 1.04. The van der Waals surface area contributed by atoms with Crippen LogP contribution in [-0.4, -0.2) is 31.3 Å². The van der Waals surface area contributed by atoms with Gasteiger partial charge in [-0.25, -0.2) is 9.18 Å². The Morgan fingerprint density at radius 3 is 2.85 bits per heavy atom. The van der Waals surface area contributed by atoms with E-state index >= 15 is 0 Å². The predicted octanol–water partition coefficient (Wildman–Crippen LogP) is 2.48. The molecule has 0 aromatic heterocycles. The standard InChI is InChI=1S/C18H16FN3O4/c19-11-2-1-3-14(6-11)22-9-13(8-17(22)23)21-18(24)20-12-4-5-15-16(7-12)26-10-25-15/h1-7,13H,8-10H2,(H2,20,21,24). The van der Waals surface area contributed by atoms with Crippen molar-refractivity contribution in [2.45, 2.75) is 12.5 Å². The van der Waals surface area contributed by atoms with Gasteiger partial charge in [-0.05, 0) is 30.3 Å². The van der Waals surface area contributed by atoms with E-state index in [1.54, 1.807) is 30.3 Å². The molecule has 2 aliphatic heterocycles. The Balaban J connectivity index is 1.37. The van der Waals surface area contributed by atoms with Crippen LogP contribution in [0.15, 0.2) is 42.5 Å². The van der Waals surface area contributed by atoms with Gasteiger partial charge in [-0.3, -0.25) is 4.79 Å². The molecule has 8 heteroatoms. The predicted molar refractivity (Wildman–Crippen MR) is 91.9 cm³/mol. The molecule has 2 heterocycles. The van der Waals surface area contributed by atoms with Crippen molar-refractivity contribution in [2.24, 2.45) is 0 Å². The molecule has 2 aliphatic rings. The number of hydrogen-bond acceptors (Lipinski definition) is 4. The number of urea groups is 1. The lowest BCUT2D eigenvalue weighted by Gasteiger charge is -2.17. The highest BCUT2D eigenvalue weighted by Gasteiger charge is 2.31. The van der Waals surface area contributed by atoms with E-state index < -0.39 is 11.8 Å². The van der Waals surface area contributed by atoms with Crippen molar-refractivity contribution >= 4 is 23.3 Å². The third-order valence-electron chi connectivity index (χ3n) is 4.21. The number of anilines is 2. The summed E-state index contributed by atoms with van der Waals surface area (Å²) >= 11 is 0. The van der Waals surface area contributed by atoms with Crippen LogP contribution in [0.3, 0.4) is 0 Å². The number of nitrogens with zero attached hydrogens (tertiary/aromatic N) is 1. The number of nitrogens with one attached hydrogen (secondary N) is 2. The highest BCUT2D eigenvalue weighted by atomic mass is 19.1. The van der Waals surface area contributed by atoms with Crippen LogP contribution < -0.4 is 25.0 Å². The summed E-state index contributed by atoms with van der Waals surface area (Å²) in [6, 6.07) is 10.1. The van der Waals surface area contributed by atoms with E-state index in [1.165, 1.54) is 17.0 Å². The van der Waals surface area contributed by atoms with Gasteiger partial charge in [0.25, 0.3) is 0 Å². The van der Waals surface area contributed by atoms with Gasteiger partial charge in [-0.1, -0.05) is 6.07 Å². The minimum atomic E-state index is -0.428. The fraction of sp³-hybridized carbons (Fsp3) is 0.222. The molecule has 1 saturated heterocycles. The van der Waals surface area contributed by atoms with Gasteiger partial charge in [0.05, 0.1) is 6.04 Å². The smallest absolute Gasteiger partial charge is 0.319 e. The number of hydrogen-bond donors (Lipinski definition) is 2. The lowest BCUT2D eigenvalue weighted by atomic mass is 10.2. The molecule has 134 valence electrons. The van der Waals surface area contributed by atoms with Crippen molar-refractivity contribution in [2.75, 3.05) is 23.6 Å². The summed E-state index contributed by atoms with van der Waals surface area (Å²) in [5, 5.41) is 5.46. The van der Waals surface area contributed by atoms with Crippen LogP contribution in [0.4, 0.5) is 20.6 Å². The summed E-state index contributed by atoms with van der Waals surface area (Å²) in [5.74, 6) is 0.621. The van der Waals surface area contributed by atoms with Gasteiger partial charge in [0.2, 0.25) is 12.7 Å². The Labute approximate surface area is 148 Å². The molecule has 0 radical (unpaired) electrons. The van der Waals surface area contributed by atoms with Gasteiger partial charge in [-0.15, -0.1) is 0 Å². The number of carbonyl (C=O) groups is 2. The van der Waals surface area contributed by atoms with Crippen molar-refractivity contribution in [3.63, 3.8) is 0 Å². The third-order valence-corrected chi connectivity index (χ3v) is 4.21. The molecule has 26 heavy (non-hydrogen) atoms. The fourth-order valence-electron chi connectivity index (χ4n) is 3.02. The topological polar surface area (TPSA) is 79.9 Å². The van der Waals surface area contributed by atoms with Crippen molar-refractivity contribution in [3.8, 4) is 11.5 Å². The first-order valence-electron chi connectivity index (χ1n) is 8.11. The van der Waals surface area contributed by atoms with E-state index in [0.717, 1.165) is 0 Å². The van der Waals surface area contributed by atoms with Crippen LogP contribution in [0.25, 0.3) is 0 Å². The molecule has 1 unspecified atom stereocenters. The number of ether oxygens (including phenoxy) is 2. The molecular formula is C18H16FN3O4. The average molecular weight is 357 g/mol. The SMILES string of the molecule is O=C(Nc1ccc2c(c1)OCO2)NC1CC(=O)N(c2cccc(F)c2)C1. The molecule has 0 spiro atoms. The molecule has 7 nitrogen and oxygen atoms in total. The molecule has 0 saturated carbocycles. The van der Waals surface area contributed by atoms with Crippen LogP contribution in [0.1, 0.15) is 6.42 Å². The number of rotatable bonds is 3. The number of carbonyl (C=O) groups excluding carboxylic acids is 2. The fourth-order valence-corrected chi connectivity index (χ4v) is 3.02. The van der Waals surface area contributed by atoms with Gasteiger partial charge >= 0.3 is 6.03 Å². The highest BCUT2D eigenvalue weighted by Crippen LogP contribution is 2.34. The lowest BCUT2D eigenvalue weighted by molar-refractivity contribution is -0.117. The quantitative estimate of drug-likeness (QED) is 0.884. The first-order chi connectivity index (χ1) is 12.6. The molecule has 1 atom stereocenters. The second-order valence-electron chi connectivity index (χ2n) is 6.05. The minimum absolute atomic E-state index is 0.158. The molecule has 2 aromatic rings. The van der Waals surface area contributed by atoms with Gasteiger partial charge in [0.15, 0.2) is 11.5 Å². The minimum Gasteiger partial charge on any atom is -0.454 e. The van der Waals surface area contributed by atoms with Gasteiger partial charge in [0.1, 0.15) is 5.82 Å². The molecule has 2 N–H and O–H groups in total. The van der Waals surface area contributed by atoms with Crippen LogP contribution in [0, 0.1) is 5.82 Å². The van der Waals surface area contributed by atoms with Crippen molar-refractivity contribution in [1.29, 1.82) is 0 Å². The van der Waals surface area contributed by atoms with Crippen molar-refractivity contribution < 1.29 is 23.5 Å². The first-order valence-corrected chi connectivity index (χ1v) is 8.11. The van der Waals surface area contributed by atoms with E-state index in [2.05, 4.69) is 10.6 Å². The van der Waals surface area contributed by atoms with Gasteiger partial charge < -0.3 is 25.0 Å². The maximum Gasteiger partial charge on any atom is 0.319 e. The van der Waals surface area contributed by atoms with E-state index in [1.807, 2.05) is 0 Å². The number of fused-ring (bicyclic) bond motifs is 1. The highest BCUT2D eigenvalue weighted by molar-refractivity contribution is 5.97. The molecule has 1 fully saturated rings. The Hall–Kier alpha value is -3.29. The Morgan fingerprint density at radius 1 is 1.15 bits per heavy atom. The maximum atomic E-state index is 13.4. The van der Waals surface area contributed by atoms with E-state index in [9.17, 15) is 14.0 Å². The van der Waals surface area contributed by atoms with Crippen LogP contribution in [0.5, 0.6) is 11.5 Å². The Morgan fingerprint density at radius 2 is 2.00 bits per heavy atom. The third kappa shape index (κ3) is 3.26. The van der Waals surface area contributed by atoms with Crippen molar-refractivity contribution in [1.82, 2.24) is 5.32 Å². The molecule has 0 aliphatic carbocycles. The van der Waals surface area contributed by atoms with Crippen LogP contribution in [0.2, 0.25) is 0 Å².